The van der Waals surface area contributed by atoms with Crippen molar-refractivity contribution in [2.75, 3.05) is 26.9 Å². The number of hydrogen-bond donors (Lipinski definition) is 1. The van der Waals surface area contributed by atoms with E-state index in [1.807, 2.05) is 54.6 Å². The summed E-state index contributed by atoms with van der Waals surface area (Å²) in [6.07, 6.45) is 5.13. The van der Waals surface area contributed by atoms with Crippen LogP contribution in [0.25, 0.3) is 16.9 Å². The van der Waals surface area contributed by atoms with Gasteiger partial charge in [-0.05, 0) is 49.4 Å². The monoisotopic (exact) mass is 405 g/mol. The lowest BCUT2D eigenvalue weighted by Crippen LogP contribution is -2.25. The predicted octanol–water partition coefficient (Wildman–Crippen LogP) is 4.09. The lowest BCUT2D eigenvalue weighted by atomic mass is 10.1. The standard InChI is InChI=1S/C24H27N3O3/c1-29-22-11-6-5-10-20(22)23-21(16-27(26-23)19-8-3-2-4-9-19)24(28)25-14-7-15-30-17-18-12-13-18/h2-6,8-11,16,18H,7,12-15,17H2,1H3,(H,25,28). The van der Waals surface area contributed by atoms with Crippen molar-refractivity contribution in [2.24, 2.45) is 5.92 Å². The van der Waals surface area contributed by atoms with E-state index < -0.39 is 0 Å². The molecule has 1 N–H and O–H groups in total. The number of rotatable bonds is 10. The quantitative estimate of drug-likeness (QED) is 0.516. The van der Waals surface area contributed by atoms with Crippen molar-refractivity contribution in [2.45, 2.75) is 19.3 Å². The Morgan fingerprint density at radius 2 is 1.90 bits per heavy atom. The third kappa shape index (κ3) is 4.89. The second-order valence-electron chi connectivity index (χ2n) is 7.50. The molecule has 1 aromatic heterocycles. The summed E-state index contributed by atoms with van der Waals surface area (Å²) >= 11 is 0. The molecule has 156 valence electrons. The van der Waals surface area contributed by atoms with E-state index in [4.69, 9.17) is 14.6 Å². The Labute approximate surface area is 176 Å². The average Bonchev–Trinajstić information content (AvgIpc) is 3.51. The fourth-order valence-electron chi connectivity index (χ4n) is 3.30. The van der Waals surface area contributed by atoms with Crippen LogP contribution in [0, 0.1) is 5.92 Å². The van der Waals surface area contributed by atoms with Crippen LogP contribution < -0.4 is 10.1 Å². The van der Waals surface area contributed by atoms with Crippen molar-refractivity contribution in [1.82, 2.24) is 15.1 Å². The molecule has 6 heteroatoms. The molecular weight excluding hydrogens is 378 g/mol. The van der Waals surface area contributed by atoms with E-state index >= 15 is 0 Å². The largest absolute Gasteiger partial charge is 0.496 e. The fourth-order valence-corrected chi connectivity index (χ4v) is 3.30. The van der Waals surface area contributed by atoms with Gasteiger partial charge in [-0.2, -0.15) is 5.10 Å². The lowest BCUT2D eigenvalue weighted by Gasteiger charge is -2.09. The van der Waals surface area contributed by atoms with Crippen LogP contribution in [-0.4, -0.2) is 42.6 Å². The Morgan fingerprint density at radius 1 is 1.13 bits per heavy atom. The van der Waals surface area contributed by atoms with Crippen LogP contribution in [0.5, 0.6) is 5.75 Å². The van der Waals surface area contributed by atoms with Gasteiger partial charge in [0.05, 0.1) is 18.4 Å². The van der Waals surface area contributed by atoms with E-state index in [1.54, 1.807) is 18.0 Å². The van der Waals surface area contributed by atoms with Gasteiger partial charge in [-0.25, -0.2) is 4.68 Å². The normalized spacial score (nSPS) is 13.2. The summed E-state index contributed by atoms with van der Waals surface area (Å²) in [4.78, 5) is 13.0. The van der Waals surface area contributed by atoms with Gasteiger partial charge < -0.3 is 14.8 Å². The Balaban J connectivity index is 1.52. The molecule has 6 nitrogen and oxygen atoms in total. The third-order valence-electron chi connectivity index (χ3n) is 5.14. The van der Waals surface area contributed by atoms with Crippen LogP contribution in [0.15, 0.2) is 60.8 Å². The summed E-state index contributed by atoms with van der Waals surface area (Å²) in [7, 11) is 1.62. The van der Waals surface area contributed by atoms with E-state index in [-0.39, 0.29) is 5.91 Å². The minimum atomic E-state index is -0.153. The van der Waals surface area contributed by atoms with Crippen molar-refractivity contribution in [3.05, 3.63) is 66.4 Å². The van der Waals surface area contributed by atoms with E-state index in [9.17, 15) is 4.79 Å². The number of carbonyl (C=O) groups excluding carboxylic acids is 1. The zero-order valence-electron chi connectivity index (χ0n) is 17.2. The molecule has 0 unspecified atom stereocenters. The molecule has 0 aliphatic heterocycles. The lowest BCUT2D eigenvalue weighted by molar-refractivity contribution is 0.0938. The van der Waals surface area contributed by atoms with E-state index in [0.29, 0.717) is 30.2 Å². The molecule has 1 heterocycles. The summed E-state index contributed by atoms with van der Waals surface area (Å²) in [5, 5.41) is 7.72. The minimum Gasteiger partial charge on any atom is -0.496 e. The summed E-state index contributed by atoms with van der Waals surface area (Å²) in [5.41, 5.74) is 2.79. The predicted molar refractivity (Wildman–Crippen MR) is 116 cm³/mol. The first-order chi connectivity index (χ1) is 14.8. The molecule has 2 aromatic carbocycles. The van der Waals surface area contributed by atoms with E-state index in [2.05, 4.69) is 5.32 Å². The average molecular weight is 405 g/mol. The van der Waals surface area contributed by atoms with Crippen molar-refractivity contribution in [3.63, 3.8) is 0 Å². The Morgan fingerprint density at radius 3 is 2.67 bits per heavy atom. The Kier molecular flexibility index (Phi) is 6.44. The van der Waals surface area contributed by atoms with Crippen LogP contribution in [0.4, 0.5) is 0 Å². The number of carbonyl (C=O) groups is 1. The van der Waals surface area contributed by atoms with Gasteiger partial charge in [-0.3, -0.25) is 4.79 Å². The van der Waals surface area contributed by atoms with Crippen molar-refractivity contribution < 1.29 is 14.3 Å². The minimum absolute atomic E-state index is 0.153. The second kappa shape index (κ2) is 9.59. The maximum Gasteiger partial charge on any atom is 0.255 e. The number of amides is 1. The summed E-state index contributed by atoms with van der Waals surface area (Å²) in [6.45, 7) is 2.07. The van der Waals surface area contributed by atoms with Crippen molar-refractivity contribution in [3.8, 4) is 22.7 Å². The molecule has 0 atom stereocenters. The number of hydrogen-bond acceptors (Lipinski definition) is 4. The summed E-state index contributed by atoms with van der Waals surface area (Å²) < 4.78 is 12.9. The van der Waals surface area contributed by atoms with Crippen molar-refractivity contribution >= 4 is 5.91 Å². The molecule has 0 saturated heterocycles. The topological polar surface area (TPSA) is 65.4 Å². The number of para-hydroxylation sites is 2. The molecule has 1 aliphatic carbocycles. The number of ether oxygens (including phenoxy) is 2. The molecule has 3 aromatic rings. The van der Waals surface area contributed by atoms with Crippen LogP contribution in [0.1, 0.15) is 29.6 Å². The van der Waals surface area contributed by atoms with Crippen LogP contribution in [-0.2, 0) is 4.74 Å². The first-order valence-electron chi connectivity index (χ1n) is 10.4. The Hall–Kier alpha value is -3.12. The first kappa shape index (κ1) is 20.2. The number of methoxy groups -OCH3 is 1. The third-order valence-corrected chi connectivity index (χ3v) is 5.14. The van der Waals surface area contributed by atoms with Gasteiger partial charge in [0, 0.05) is 31.5 Å². The van der Waals surface area contributed by atoms with Crippen LogP contribution >= 0.6 is 0 Å². The highest BCUT2D eigenvalue weighted by Crippen LogP contribution is 2.32. The van der Waals surface area contributed by atoms with Crippen LogP contribution in [0.3, 0.4) is 0 Å². The maximum atomic E-state index is 13.0. The molecule has 1 aliphatic rings. The van der Waals surface area contributed by atoms with Gasteiger partial charge in [0.25, 0.3) is 5.91 Å². The highest BCUT2D eigenvalue weighted by atomic mass is 16.5. The van der Waals surface area contributed by atoms with Gasteiger partial charge in [-0.1, -0.05) is 30.3 Å². The van der Waals surface area contributed by atoms with Crippen LogP contribution in [0.2, 0.25) is 0 Å². The summed E-state index contributed by atoms with van der Waals surface area (Å²) in [5.74, 6) is 1.28. The number of aromatic nitrogens is 2. The van der Waals surface area contributed by atoms with Gasteiger partial charge in [0.15, 0.2) is 0 Å². The Bertz CT molecular complexity index is 980. The second-order valence-corrected chi connectivity index (χ2v) is 7.50. The molecule has 30 heavy (non-hydrogen) atoms. The first-order valence-corrected chi connectivity index (χ1v) is 10.4. The number of nitrogens with zero attached hydrogens (tertiary/aromatic N) is 2. The molecule has 1 amide bonds. The molecule has 0 spiro atoms. The molecule has 4 rings (SSSR count). The van der Waals surface area contributed by atoms with Gasteiger partial charge in [-0.15, -0.1) is 0 Å². The number of nitrogens with one attached hydrogen (secondary N) is 1. The zero-order valence-corrected chi connectivity index (χ0v) is 17.2. The molecule has 1 saturated carbocycles. The van der Waals surface area contributed by atoms with Gasteiger partial charge in [0.1, 0.15) is 11.4 Å². The highest BCUT2D eigenvalue weighted by Gasteiger charge is 2.22. The molecular formula is C24H27N3O3. The van der Waals surface area contributed by atoms with Gasteiger partial charge in [0.2, 0.25) is 0 Å². The molecule has 1 fully saturated rings. The van der Waals surface area contributed by atoms with E-state index in [1.165, 1.54) is 12.8 Å². The zero-order chi connectivity index (χ0) is 20.8. The fraction of sp³-hybridized carbons (Fsp3) is 0.333. The van der Waals surface area contributed by atoms with E-state index in [0.717, 1.165) is 30.2 Å². The summed E-state index contributed by atoms with van der Waals surface area (Å²) in [6, 6.07) is 17.4. The molecule has 0 radical (unpaired) electrons. The molecule has 0 bridgehead atoms. The smallest absolute Gasteiger partial charge is 0.255 e. The highest BCUT2D eigenvalue weighted by molar-refractivity contribution is 6.00. The maximum absolute atomic E-state index is 13.0. The SMILES string of the molecule is COc1ccccc1-c1nn(-c2ccccc2)cc1C(=O)NCCCOCC1CC1. The number of benzene rings is 2. The van der Waals surface area contributed by atoms with Crippen molar-refractivity contribution in [1.29, 1.82) is 0 Å². The van der Waals surface area contributed by atoms with Gasteiger partial charge >= 0.3 is 0 Å².